The van der Waals surface area contributed by atoms with E-state index in [1.165, 1.54) is 4.90 Å². The van der Waals surface area contributed by atoms with E-state index in [0.29, 0.717) is 24.8 Å². The number of rotatable bonds is 4. The topological polar surface area (TPSA) is 55.9 Å². The van der Waals surface area contributed by atoms with Gasteiger partial charge in [0.25, 0.3) is 11.8 Å². The number of carbonyl (C=O) groups excluding carboxylic acids is 2. The molecule has 2 saturated heterocycles. The first kappa shape index (κ1) is 21.8. The number of carbonyl (C=O) groups is 2. The first-order valence-corrected chi connectivity index (χ1v) is 10.7. The number of hydrazine groups is 1. The molecule has 2 aliphatic heterocycles. The summed E-state index contributed by atoms with van der Waals surface area (Å²) in [4.78, 5) is 28.9. The lowest BCUT2D eigenvalue weighted by Gasteiger charge is -2.32. The molecule has 2 amide bonds. The van der Waals surface area contributed by atoms with Crippen LogP contribution in [0.3, 0.4) is 0 Å². The van der Waals surface area contributed by atoms with Crippen LogP contribution in [0.25, 0.3) is 6.08 Å². The second kappa shape index (κ2) is 9.30. The zero-order valence-corrected chi connectivity index (χ0v) is 18.8. The quantitative estimate of drug-likeness (QED) is 0.407. The third-order valence-corrected chi connectivity index (χ3v) is 6.84. The van der Waals surface area contributed by atoms with Gasteiger partial charge < -0.3 is 4.90 Å². The monoisotopic (exact) mass is 478 g/mol. The molecule has 0 spiro atoms. The molecule has 28 heavy (non-hydrogen) atoms. The van der Waals surface area contributed by atoms with Crippen LogP contribution in [0, 0.1) is 0 Å². The lowest BCUT2D eigenvalue weighted by molar-refractivity contribution is -0.132. The number of nitrogens with one attached hydrogen (secondary N) is 1. The number of nitrogens with zero attached hydrogens (tertiary/aromatic N) is 3. The highest BCUT2D eigenvalue weighted by Crippen LogP contribution is 2.37. The van der Waals surface area contributed by atoms with Crippen molar-refractivity contribution in [3.63, 3.8) is 0 Å². The van der Waals surface area contributed by atoms with E-state index in [1.807, 2.05) is 12.1 Å². The van der Waals surface area contributed by atoms with Crippen molar-refractivity contribution in [2.75, 3.05) is 39.8 Å². The molecule has 1 N–H and O–H groups in total. The number of hydrogen-bond acceptors (Lipinski definition) is 6. The van der Waals surface area contributed by atoms with Crippen LogP contribution in [0.15, 0.2) is 17.0 Å². The third-order valence-electron chi connectivity index (χ3n) is 4.32. The zero-order chi connectivity index (χ0) is 20.4. The predicted octanol–water partition coefficient (Wildman–Crippen LogP) is 3.13. The molecule has 0 aromatic heterocycles. The van der Waals surface area contributed by atoms with Crippen LogP contribution in [0.1, 0.15) is 5.56 Å². The van der Waals surface area contributed by atoms with E-state index in [0.717, 1.165) is 37.9 Å². The Balaban J connectivity index is 1.68. The number of amides is 2. The predicted molar refractivity (Wildman–Crippen MR) is 119 cm³/mol. The first-order valence-electron chi connectivity index (χ1n) is 8.38. The van der Waals surface area contributed by atoms with Crippen LogP contribution in [0.5, 0.6) is 0 Å². The van der Waals surface area contributed by atoms with Crippen LogP contribution in [0.4, 0.5) is 0 Å². The molecule has 6 nitrogen and oxygen atoms in total. The van der Waals surface area contributed by atoms with E-state index in [-0.39, 0.29) is 23.4 Å². The van der Waals surface area contributed by atoms with Gasteiger partial charge in [-0.25, -0.2) is 5.01 Å². The highest BCUT2D eigenvalue weighted by atomic mass is 35.5. The molecule has 2 heterocycles. The number of benzene rings is 1. The van der Waals surface area contributed by atoms with Crippen molar-refractivity contribution in [3.8, 4) is 0 Å². The number of piperazine rings is 1. The molecule has 0 bridgehead atoms. The van der Waals surface area contributed by atoms with Gasteiger partial charge in [0.15, 0.2) is 0 Å². The van der Waals surface area contributed by atoms with Gasteiger partial charge >= 0.3 is 0 Å². The van der Waals surface area contributed by atoms with Gasteiger partial charge in [-0.1, -0.05) is 58.8 Å². The van der Waals surface area contributed by atoms with Gasteiger partial charge in [0.2, 0.25) is 0 Å². The Labute approximate surface area is 187 Å². The van der Waals surface area contributed by atoms with Crippen molar-refractivity contribution < 1.29 is 9.59 Å². The van der Waals surface area contributed by atoms with Gasteiger partial charge in [0, 0.05) is 36.8 Å². The summed E-state index contributed by atoms with van der Waals surface area (Å²) in [5, 5.41) is 2.81. The minimum Gasteiger partial charge on any atom is -0.304 e. The van der Waals surface area contributed by atoms with E-state index in [2.05, 4.69) is 10.3 Å². The first-order chi connectivity index (χ1) is 13.3. The van der Waals surface area contributed by atoms with Gasteiger partial charge in [0.1, 0.15) is 10.9 Å². The molecule has 1 aromatic rings. The fraction of sp³-hybridized carbons (Fsp3) is 0.353. The molecule has 2 aliphatic rings. The number of likely N-dealkylation sites (N-methyl/N-ethyl adjacent to an activating group) is 1. The van der Waals surface area contributed by atoms with E-state index in [4.69, 9.17) is 47.0 Å². The second-order valence-corrected chi connectivity index (χ2v) is 9.22. The van der Waals surface area contributed by atoms with Gasteiger partial charge in [-0.05, 0) is 25.3 Å². The van der Waals surface area contributed by atoms with E-state index in [9.17, 15) is 9.59 Å². The smallest absolute Gasteiger partial charge is 0.266 e. The third kappa shape index (κ3) is 4.99. The van der Waals surface area contributed by atoms with E-state index < -0.39 is 0 Å². The summed E-state index contributed by atoms with van der Waals surface area (Å²) in [5.41, 5.74) is 3.27. The Morgan fingerprint density at radius 2 is 1.86 bits per heavy atom. The zero-order valence-electron chi connectivity index (χ0n) is 14.9. The molecule has 3 rings (SSSR count). The van der Waals surface area contributed by atoms with Gasteiger partial charge in [-0.2, -0.15) is 0 Å². The average molecular weight is 480 g/mol. The summed E-state index contributed by atoms with van der Waals surface area (Å²) >= 11 is 24.8. The summed E-state index contributed by atoms with van der Waals surface area (Å²) in [6.07, 6.45) is 1.55. The SMILES string of the molecule is CN1CCN(NC(=O)CN2C(=O)C(=Cc3c(Cl)ccc(Cl)c3Cl)SC2=S)CC1. The van der Waals surface area contributed by atoms with Crippen LogP contribution in [0.2, 0.25) is 15.1 Å². The molecule has 2 fully saturated rings. The second-order valence-electron chi connectivity index (χ2n) is 6.35. The van der Waals surface area contributed by atoms with Gasteiger partial charge in [-0.15, -0.1) is 0 Å². The van der Waals surface area contributed by atoms with Crippen LogP contribution in [-0.2, 0) is 9.59 Å². The summed E-state index contributed by atoms with van der Waals surface area (Å²) in [7, 11) is 2.03. The minimum absolute atomic E-state index is 0.147. The Bertz CT molecular complexity index is 857. The Morgan fingerprint density at radius 3 is 2.54 bits per heavy atom. The standard InChI is InChI=1S/C17H17Cl3N4O2S2/c1-22-4-6-23(7-5-22)21-14(25)9-24-16(26)13(28-17(24)27)8-10-11(18)2-3-12(19)15(10)20/h2-3,8H,4-7,9H2,1H3,(H,21,25). The maximum Gasteiger partial charge on any atom is 0.266 e. The molecule has 1 aromatic carbocycles. The summed E-state index contributed by atoms with van der Waals surface area (Å²) < 4.78 is 0.305. The lowest BCUT2D eigenvalue weighted by atomic mass is 10.2. The molecule has 0 aliphatic carbocycles. The van der Waals surface area contributed by atoms with Crippen molar-refractivity contribution in [1.82, 2.24) is 20.2 Å². The van der Waals surface area contributed by atoms with E-state index >= 15 is 0 Å². The van der Waals surface area contributed by atoms with E-state index in [1.54, 1.807) is 18.2 Å². The van der Waals surface area contributed by atoms with Crippen molar-refractivity contribution in [3.05, 3.63) is 37.7 Å². The highest BCUT2D eigenvalue weighted by Gasteiger charge is 2.34. The van der Waals surface area contributed by atoms with Crippen molar-refractivity contribution in [2.24, 2.45) is 0 Å². The summed E-state index contributed by atoms with van der Waals surface area (Å²) in [5.74, 6) is -0.656. The van der Waals surface area contributed by atoms with Crippen molar-refractivity contribution in [1.29, 1.82) is 0 Å². The average Bonchev–Trinajstić information content (AvgIpc) is 2.91. The highest BCUT2D eigenvalue weighted by molar-refractivity contribution is 8.26. The number of thiocarbonyl (C=S) groups is 1. The maximum absolute atomic E-state index is 12.7. The van der Waals surface area contributed by atoms with Crippen molar-refractivity contribution in [2.45, 2.75) is 0 Å². The maximum atomic E-state index is 12.7. The molecule has 0 unspecified atom stereocenters. The Morgan fingerprint density at radius 1 is 1.21 bits per heavy atom. The Kier molecular flexibility index (Phi) is 7.25. The number of halogens is 3. The lowest BCUT2D eigenvalue weighted by Crippen LogP contribution is -2.54. The van der Waals surface area contributed by atoms with Gasteiger partial charge in [-0.3, -0.25) is 19.9 Å². The molecule has 0 saturated carbocycles. The summed E-state index contributed by atoms with van der Waals surface area (Å²) in [6.45, 7) is 3.04. The normalized spacial score (nSPS) is 20.3. The number of hydrogen-bond donors (Lipinski definition) is 1. The fourth-order valence-electron chi connectivity index (χ4n) is 2.72. The minimum atomic E-state index is -0.365. The molecule has 11 heteroatoms. The van der Waals surface area contributed by atoms with Gasteiger partial charge in [0.05, 0.1) is 15.0 Å². The Hall–Kier alpha value is -0.870. The van der Waals surface area contributed by atoms with Crippen LogP contribution < -0.4 is 5.43 Å². The summed E-state index contributed by atoms with van der Waals surface area (Å²) in [6, 6.07) is 3.18. The largest absolute Gasteiger partial charge is 0.304 e. The molecular formula is C17H17Cl3N4O2S2. The molecule has 0 atom stereocenters. The van der Waals surface area contributed by atoms with Crippen LogP contribution >= 0.6 is 58.8 Å². The molecular weight excluding hydrogens is 463 g/mol. The molecule has 150 valence electrons. The number of thioether (sulfide) groups is 1. The fourth-order valence-corrected chi connectivity index (χ4v) is 4.60. The van der Waals surface area contributed by atoms with Crippen molar-refractivity contribution >= 4 is 81.0 Å². The van der Waals surface area contributed by atoms with Crippen LogP contribution in [-0.4, -0.2) is 70.7 Å². The molecule has 0 radical (unpaired) electrons.